The Hall–Kier alpha value is -1.09. The number of hydrogen-bond acceptors (Lipinski definition) is 4. The molecule has 0 amide bonds. The summed E-state index contributed by atoms with van der Waals surface area (Å²) in [4.78, 5) is 12.0. The molecule has 0 unspecified atom stereocenters. The van der Waals surface area contributed by atoms with Crippen molar-refractivity contribution in [3.8, 4) is 0 Å². The van der Waals surface area contributed by atoms with E-state index >= 15 is 0 Å². The number of alkyl halides is 3. The molecule has 0 aromatic heterocycles. The summed E-state index contributed by atoms with van der Waals surface area (Å²) in [7, 11) is 0. The van der Waals surface area contributed by atoms with Crippen molar-refractivity contribution >= 4 is 0 Å². The van der Waals surface area contributed by atoms with E-state index in [1.807, 2.05) is 0 Å². The van der Waals surface area contributed by atoms with E-state index < -0.39 is 16.7 Å². The van der Waals surface area contributed by atoms with Crippen molar-refractivity contribution in [1.82, 2.24) is 5.28 Å². The van der Waals surface area contributed by atoms with E-state index in [2.05, 4.69) is 10.7 Å². The highest BCUT2D eigenvalue weighted by molar-refractivity contribution is 4.16. The van der Waals surface area contributed by atoms with E-state index in [1.165, 1.54) is 0 Å². The van der Waals surface area contributed by atoms with Gasteiger partial charge in [0, 0.05) is 0 Å². The molecule has 0 saturated heterocycles. The molecule has 0 rings (SSSR count). The first-order valence-electron chi connectivity index (χ1n) is 1.78. The standard InChI is InChI=1S/CH2F3N3O3/c2-1(3,4)10-6(5)7(8)9/h5H2. The molecule has 9 heteroatoms. The molecule has 0 aromatic carbocycles. The maximum atomic E-state index is 11.0. The van der Waals surface area contributed by atoms with Gasteiger partial charge in [0.15, 0.2) is 0 Å². The zero-order chi connectivity index (χ0) is 8.36. The fourth-order valence-corrected chi connectivity index (χ4v) is 0.139. The molecule has 0 fully saturated rings. The second kappa shape index (κ2) is 2.66. The quantitative estimate of drug-likeness (QED) is 0.344. The van der Waals surface area contributed by atoms with Crippen LogP contribution in [-0.2, 0) is 4.84 Å². The predicted octanol–water partition coefficient (Wildman–Crippen LogP) is -0.195. The van der Waals surface area contributed by atoms with E-state index in [1.54, 1.807) is 0 Å². The van der Waals surface area contributed by atoms with Gasteiger partial charge < -0.3 is 0 Å². The smallest absolute Gasteiger partial charge is 0.232 e. The molecular weight excluding hydrogens is 159 g/mol. The molecule has 0 spiro atoms. The Balaban J connectivity index is 3.80. The largest absolute Gasteiger partial charge is 0.549 e. The first-order chi connectivity index (χ1) is 4.33. The molecule has 6 nitrogen and oxygen atoms in total. The van der Waals surface area contributed by atoms with Gasteiger partial charge in [-0.2, -0.15) is 5.84 Å². The Morgan fingerprint density at radius 3 is 2.10 bits per heavy atom. The molecule has 0 saturated carbocycles. The SMILES string of the molecule is NN(OC(F)(F)F)[N+](=O)[O-]. The number of nitro groups is 1. The molecule has 0 bridgehead atoms. The number of nitrogens with two attached hydrogens (primary N) is 1. The van der Waals surface area contributed by atoms with E-state index in [0.717, 1.165) is 0 Å². The maximum absolute atomic E-state index is 11.0. The number of hydrogen-bond donors (Lipinski definition) is 1. The van der Waals surface area contributed by atoms with Crippen LogP contribution in [0.3, 0.4) is 0 Å². The van der Waals surface area contributed by atoms with E-state index in [-0.39, 0.29) is 0 Å². The predicted molar refractivity (Wildman–Crippen MR) is 20.2 cm³/mol. The first kappa shape index (κ1) is 8.91. The Morgan fingerprint density at radius 2 is 2.00 bits per heavy atom. The van der Waals surface area contributed by atoms with Crippen LogP contribution in [0.1, 0.15) is 0 Å². The third-order valence-corrected chi connectivity index (χ3v) is 0.358. The summed E-state index contributed by atoms with van der Waals surface area (Å²) >= 11 is 0. The van der Waals surface area contributed by atoms with Gasteiger partial charge in [0.2, 0.25) is 5.03 Å². The Labute approximate surface area is 52.0 Å². The summed E-state index contributed by atoms with van der Waals surface area (Å²) in [6.07, 6.45) is -5.14. The van der Waals surface area contributed by atoms with Gasteiger partial charge in [-0.25, -0.2) is 10.1 Å². The summed E-state index contributed by atoms with van der Waals surface area (Å²) in [5.41, 5.74) is 0. The van der Waals surface area contributed by atoms with Gasteiger partial charge in [-0.3, -0.25) is 0 Å². The molecular formula is CH2F3N3O3. The highest BCUT2D eigenvalue weighted by atomic mass is 19.4. The van der Waals surface area contributed by atoms with Gasteiger partial charge in [-0.1, -0.05) is 0 Å². The van der Waals surface area contributed by atoms with Gasteiger partial charge in [0.1, 0.15) is 0 Å². The van der Waals surface area contributed by atoms with Crippen molar-refractivity contribution in [3.05, 3.63) is 10.1 Å². The second-order valence-electron chi connectivity index (χ2n) is 1.08. The maximum Gasteiger partial charge on any atom is 0.549 e. The van der Waals surface area contributed by atoms with E-state index in [0.29, 0.717) is 0 Å². The highest BCUT2D eigenvalue weighted by Crippen LogP contribution is 2.16. The number of hydrazine groups is 2. The third kappa shape index (κ3) is 3.86. The summed E-state index contributed by atoms with van der Waals surface area (Å²) < 4.78 is 33.1. The fourth-order valence-electron chi connectivity index (χ4n) is 0.139. The molecule has 0 aliphatic rings. The number of halogens is 3. The minimum Gasteiger partial charge on any atom is -0.232 e. The molecule has 0 heterocycles. The average molecular weight is 161 g/mol. The lowest BCUT2D eigenvalue weighted by Crippen LogP contribution is -2.41. The summed E-state index contributed by atoms with van der Waals surface area (Å²) in [5.74, 6) is 4.09. The van der Waals surface area contributed by atoms with Crippen LogP contribution in [0, 0.1) is 10.1 Å². The van der Waals surface area contributed by atoms with Gasteiger partial charge in [0.05, 0.1) is 5.28 Å². The van der Waals surface area contributed by atoms with Crippen LogP contribution < -0.4 is 5.84 Å². The van der Waals surface area contributed by atoms with Crippen molar-refractivity contribution in [3.63, 3.8) is 0 Å². The normalized spacial score (nSPS) is 11.2. The average Bonchev–Trinajstić information content (AvgIpc) is 1.60. The Bertz CT molecular complexity index is 133. The lowest BCUT2D eigenvalue weighted by molar-refractivity contribution is -0.762. The van der Waals surface area contributed by atoms with Crippen LogP contribution in [0.4, 0.5) is 13.2 Å². The van der Waals surface area contributed by atoms with Crippen molar-refractivity contribution in [1.29, 1.82) is 0 Å². The van der Waals surface area contributed by atoms with Crippen molar-refractivity contribution in [2.45, 2.75) is 6.36 Å². The van der Waals surface area contributed by atoms with Crippen LogP contribution in [0.15, 0.2) is 0 Å². The minimum absolute atomic E-state index is 1.03. The highest BCUT2D eigenvalue weighted by Gasteiger charge is 2.36. The molecule has 60 valence electrons. The topological polar surface area (TPSA) is 81.6 Å². The van der Waals surface area contributed by atoms with Crippen molar-refractivity contribution in [2.24, 2.45) is 5.84 Å². The summed E-state index contributed by atoms with van der Waals surface area (Å²) in [5, 5.41) is 6.77. The zero-order valence-electron chi connectivity index (χ0n) is 4.33. The van der Waals surface area contributed by atoms with Gasteiger partial charge in [-0.15, -0.1) is 18.0 Å². The van der Waals surface area contributed by atoms with Crippen LogP contribution >= 0.6 is 0 Å². The first-order valence-corrected chi connectivity index (χ1v) is 1.78. The fraction of sp³-hybridized carbons (Fsp3) is 1.00. The summed E-state index contributed by atoms with van der Waals surface area (Å²) in [6, 6.07) is 0. The third-order valence-electron chi connectivity index (χ3n) is 0.358. The van der Waals surface area contributed by atoms with E-state index in [9.17, 15) is 23.3 Å². The van der Waals surface area contributed by atoms with Gasteiger partial charge in [0.25, 0.3) is 0 Å². The van der Waals surface area contributed by atoms with Crippen molar-refractivity contribution < 1.29 is 23.0 Å². The molecule has 0 atom stereocenters. The van der Waals surface area contributed by atoms with Crippen LogP contribution in [0.5, 0.6) is 0 Å². The lowest BCUT2D eigenvalue weighted by atomic mass is 11.4. The van der Waals surface area contributed by atoms with Crippen LogP contribution in [-0.4, -0.2) is 16.7 Å². The van der Waals surface area contributed by atoms with Gasteiger partial charge in [-0.05, 0) is 0 Å². The molecule has 10 heavy (non-hydrogen) atoms. The zero-order valence-corrected chi connectivity index (χ0v) is 4.33. The molecule has 2 N–H and O–H groups in total. The molecule has 0 aromatic rings. The number of rotatable bonds is 2. The molecule has 0 radical (unpaired) electrons. The molecule has 0 aliphatic heterocycles. The lowest BCUT2D eigenvalue weighted by Gasteiger charge is -2.07. The Morgan fingerprint density at radius 1 is 1.60 bits per heavy atom. The van der Waals surface area contributed by atoms with Gasteiger partial charge >= 0.3 is 6.36 Å². The van der Waals surface area contributed by atoms with Crippen LogP contribution in [0.2, 0.25) is 0 Å². The minimum atomic E-state index is -5.14. The Kier molecular flexibility index (Phi) is 2.37. The monoisotopic (exact) mass is 161 g/mol. The summed E-state index contributed by atoms with van der Waals surface area (Å²) in [6.45, 7) is 0. The number of nitrogens with zero attached hydrogens (tertiary/aromatic N) is 2. The molecule has 0 aliphatic carbocycles. The van der Waals surface area contributed by atoms with E-state index in [4.69, 9.17) is 0 Å². The van der Waals surface area contributed by atoms with Crippen LogP contribution in [0.25, 0.3) is 0 Å². The second-order valence-corrected chi connectivity index (χ2v) is 1.08. The van der Waals surface area contributed by atoms with Crippen molar-refractivity contribution in [2.75, 3.05) is 0 Å².